The number of hydrogen-bond acceptors (Lipinski definition) is 12. The van der Waals surface area contributed by atoms with Crippen LogP contribution in [-0.4, -0.2) is 85.3 Å². The predicted octanol–water partition coefficient (Wildman–Crippen LogP) is 0.475. The van der Waals surface area contributed by atoms with Crippen LogP contribution in [0.15, 0.2) is 11.6 Å². The van der Waals surface area contributed by atoms with Crippen LogP contribution in [0.25, 0.3) is 0 Å². The molecule has 37 heavy (non-hydrogen) atoms. The Balaban J connectivity index is 2.05. The van der Waals surface area contributed by atoms with Gasteiger partial charge in [-0.3, -0.25) is 4.79 Å². The van der Waals surface area contributed by atoms with Crippen molar-refractivity contribution < 1.29 is 58.1 Å². The lowest BCUT2D eigenvalue weighted by molar-refractivity contribution is -0.272. The molecule has 0 bridgehead atoms. The zero-order valence-electron chi connectivity index (χ0n) is 21.3. The zero-order valence-corrected chi connectivity index (χ0v) is 21.3. The SMILES string of the molecule is COC(=O)CC/C(C)=C/Cc1c(OC)c(C)c2c(c1O[C@@H]1O[C@H](C(=O)OC)[C@@H](O)[C@H](O)[C@H]1O)C(=O)OC2. The van der Waals surface area contributed by atoms with Crippen LogP contribution in [0, 0.1) is 6.92 Å². The summed E-state index contributed by atoms with van der Waals surface area (Å²) in [7, 11) is 3.84. The fraction of sp³-hybridized carbons (Fsp3) is 0.560. The van der Waals surface area contributed by atoms with Gasteiger partial charge in [0.25, 0.3) is 0 Å². The summed E-state index contributed by atoms with van der Waals surface area (Å²) >= 11 is 0. The minimum atomic E-state index is -1.81. The molecule has 0 aliphatic carbocycles. The molecule has 1 aromatic rings. The molecule has 1 aromatic carbocycles. The molecular formula is C25H32O12. The van der Waals surface area contributed by atoms with E-state index in [0.717, 1.165) is 12.7 Å². The molecule has 0 saturated carbocycles. The number of ether oxygens (including phenoxy) is 6. The highest BCUT2D eigenvalue weighted by molar-refractivity contribution is 5.98. The summed E-state index contributed by atoms with van der Waals surface area (Å²) in [5, 5.41) is 31.1. The van der Waals surface area contributed by atoms with Crippen molar-refractivity contribution in [3.63, 3.8) is 0 Å². The first kappa shape index (κ1) is 28.4. The normalized spacial score (nSPS) is 25.2. The summed E-state index contributed by atoms with van der Waals surface area (Å²) in [4.78, 5) is 36.3. The maximum absolute atomic E-state index is 12.7. The number of fused-ring (bicyclic) bond motifs is 1. The van der Waals surface area contributed by atoms with Crippen LogP contribution >= 0.6 is 0 Å². The molecule has 2 heterocycles. The van der Waals surface area contributed by atoms with Crippen molar-refractivity contribution in [2.75, 3.05) is 21.3 Å². The van der Waals surface area contributed by atoms with Crippen molar-refractivity contribution in [1.82, 2.24) is 0 Å². The van der Waals surface area contributed by atoms with Gasteiger partial charge in [-0.05, 0) is 32.3 Å². The Morgan fingerprint density at radius 3 is 2.35 bits per heavy atom. The minimum absolute atomic E-state index is 0.0202. The van der Waals surface area contributed by atoms with Crippen LogP contribution < -0.4 is 9.47 Å². The Morgan fingerprint density at radius 2 is 1.73 bits per heavy atom. The van der Waals surface area contributed by atoms with Crippen LogP contribution in [0.1, 0.15) is 46.8 Å². The number of allylic oxidation sites excluding steroid dienone is 2. The summed E-state index contributed by atoms with van der Waals surface area (Å²) < 4.78 is 31.6. The summed E-state index contributed by atoms with van der Waals surface area (Å²) in [6.07, 6.45) is -6.01. The smallest absolute Gasteiger partial charge is 0.342 e. The molecule has 0 aromatic heterocycles. The van der Waals surface area contributed by atoms with E-state index in [9.17, 15) is 29.7 Å². The standard InChI is InChI=1S/C25H32O12/c1-11(7-9-15(26)32-3)6-8-13-20(33-4)12(2)14-10-35-23(30)16(14)21(13)36-25-19(29)17(27)18(28)22(37-25)24(31)34-5/h6,17-19,22,25,27-29H,7-10H2,1-5H3/b11-6+/t17-,18-,19+,22-,25+/m0/s1. The molecule has 2 aliphatic heterocycles. The van der Waals surface area contributed by atoms with E-state index < -0.39 is 42.6 Å². The summed E-state index contributed by atoms with van der Waals surface area (Å²) in [5.74, 6) is -1.62. The topological polar surface area (TPSA) is 167 Å². The molecule has 3 rings (SSSR count). The quantitative estimate of drug-likeness (QED) is 0.232. The van der Waals surface area contributed by atoms with Gasteiger partial charge in [-0.25, -0.2) is 9.59 Å². The second-order valence-electron chi connectivity index (χ2n) is 8.76. The molecule has 12 nitrogen and oxygen atoms in total. The highest BCUT2D eigenvalue weighted by Crippen LogP contribution is 2.44. The van der Waals surface area contributed by atoms with Crippen molar-refractivity contribution in [2.45, 2.75) is 70.4 Å². The molecule has 12 heteroatoms. The number of methoxy groups -OCH3 is 3. The van der Waals surface area contributed by atoms with Gasteiger partial charge in [0.05, 0.1) is 21.3 Å². The highest BCUT2D eigenvalue weighted by atomic mass is 16.7. The molecule has 3 N–H and O–H groups in total. The molecule has 0 unspecified atom stereocenters. The number of cyclic esters (lactones) is 1. The number of aliphatic hydroxyl groups is 3. The lowest BCUT2D eigenvalue weighted by Crippen LogP contribution is -2.61. The summed E-state index contributed by atoms with van der Waals surface area (Å²) in [6, 6.07) is 0. The lowest BCUT2D eigenvalue weighted by Gasteiger charge is -2.39. The van der Waals surface area contributed by atoms with E-state index in [1.165, 1.54) is 14.2 Å². The van der Waals surface area contributed by atoms with Gasteiger partial charge in [-0.2, -0.15) is 0 Å². The van der Waals surface area contributed by atoms with Crippen LogP contribution in [-0.2, 0) is 41.6 Å². The van der Waals surface area contributed by atoms with Gasteiger partial charge in [-0.15, -0.1) is 0 Å². The number of carbonyl (C=O) groups is 3. The minimum Gasteiger partial charge on any atom is -0.496 e. The third-order valence-corrected chi connectivity index (χ3v) is 6.47. The monoisotopic (exact) mass is 524 g/mol. The number of rotatable bonds is 9. The maximum Gasteiger partial charge on any atom is 0.342 e. The first-order valence-electron chi connectivity index (χ1n) is 11.6. The highest BCUT2D eigenvalue weighted by Gasteiger charge is 2.49. The fourth-order valence-electron chi connectivity index (χ4n) is 4.29. The third-order valence-electron chi connectivity index (χ3n) is 6.47. The summed E-state index contributed by atoms with van der Waals surface area (Å²) in [6.45, 7) is 3.57. The zero-order chi connectivity index (χ0) is 27.4. The Labute approximate surface area is 213 Å². The van der Waals surface area contributed by atoms with Gasteiger partial charge in [0.1, 0.15) is 42.0 Å². The molecule has 0 amide bonds. The van der Waals surface area contributed by atoms with Crippen LogP contribution in [0.5, 0.6) is 11.5 Å². The van der Waals surface area contributed by atoms with Gasteiger partial charge in [0, 0.05) is 17.5 Å². The summed E-state index contributed by atoms with van der Waals surface area (Å²) in [5.41, 5.74) is 2.54. The molecule has 1 fully saturated rings. The van der Waals surface area contributed by atoms with E-state index in [1.807, 2.05) is 13.0 Å². The van der Waals surface area contributed by atoms with Crippen LogP contribution in [0.3, 0.4) is 0 Å². The van der Waals surface area contributed by atoms with Gasteiger partial charge in [0.2, 0.25) is 6.29 Å². The first-order chi connectivity index (χ1) is 17.5. The molecule has 204 valence electrons. The van der Waals surface area contributed by atoms with E-state index >= 15 is 0 Å². The van der Waals surface area contributed by atoms with Gasteiger partial charge in [-0.1, -0.05) is 11.6 Å². The average Bonchev–Trinajstić information content (AvgIpc) is 3.28. The number of carbonyl (C=O) groups excluding carboxylic acids is 3. The molecule has 2 aliphatic rings. The lowest BCUT2D eigenvalue weighted by atomic mass is 9.94. The third kappa shape index (κ3) is 5.72. The number of esters is 3. The maximum atomic E-state index is 12.7. The van der Waals surface area contributed by atoms with Crippen LogP contribution in [0.2, 0.25) is 0 Å². The van der Waals surface area contributed by atoms with E-state index in [0.29, 0.717) is 28.9 Å². The van der Waals surface area contributed by atoms with E-state index in [4.69, 9.17) is 18.9 Å². The second kappa shape index (κ2) is 11.9. The Bertz CT molecular complexity index is 1080. The molecule has 1 saturated heterocycles. The Kier molecular flexibility index (Phi) is 9.13. The van der Waals surface area contributed by atoms with Crippen LogP contribution in [0.4, 0.5) is 0 Å². The fourth-order valence-corrected chi connectivity index (χ4v) is 4.29. The van der Waals surface area contributed by atoms with Gasteiger partial charge >= 0.3 is 17.9 Å². The van der Waals surface area contributed by atoms with Crippen molar-refractivity contribution in [2.24, 2.45) is 0 Å². The van der Waals surface area contributed by atoms with E-state index in [-0.39, 0.29) is 36.7 Å². The Hall–Kier alpha value is -3.19. The first-order valence-corrected chi connectivity index (χ1v) is 11.6. The van der Waals surface area contributed by atoms with E-state index in [2.05, 4.69) is 9.47 Å². The molecule has 5 atom stereocenters. The number of benzene rings is 1. The van der Waals surface area contributed by atoms with Crippen molar-refractivity contribution in [3.8, 4) is 11.5 Å². The van der Waals surface area contributed by atoms with Gasteiger partial charge in [0.15, 0.2) is 6.10 Å². The molecular weight excluding hydrogens is 492 g/mol. The Morgan fingerprint density at radius 1 is 1.03 bits per heavy atom. The van der Waals surface area contributed by atoms with Crippen molar-refractivity contribution in [1.29, 1.82) is 0 Å². The van der Waals surface area contributed by atoms with Crippen molar-refractivity contribution >= 4 is 17.9 Å². The van der Waals surface area contributed by atoms with Crippen molar-refractivity contribution in [3.05, 3.63) is 33.9 Å². The van der Waals surface area contributed by atoms with E-state index in [1.54, 1.807) is 6.92 Å². The average molecular weight is 525 g/mol. The molecule has 0 spiro atoms. The molecule has 0 radical (unpaired) electrons. The number of aliphatic hydroxyl groups excluding tert-OH is 3. The largest absolute Gasteiger partial charge is 0.496 e. The predicted molar refractivity (Wildman–Crippen MR) is 125 cm³/mol. The second-order valence-corrected chi connectivity index (χ2v) is 8.76. The van der Waals surface area contributed by atoms with Gasteiger partial charge < -0.3 is 43.7 Å². The number of hydrogen-bond donors (Lipinski definition) is 3.